The van der Waals surface area contributed by atoms with Gasteiger partial charge in [0.05, 0.1) is 0 Å². The van der Waals surface area contributed by atoms with Crippen LogP contribution in [0.25, 0.3) is 6.08 Å². The second-order valence-corrected chi connectivity index (χ2v) is 5.20. The first-order chi connectivity index (χ1) is 9.52. The molecule has 0 aliphatic heterocycles. The molecule has 1 N–H and O–H groups in total. The minimum atomic E-state index is 0.0332. The molecular weight excluding hydrogens is 250 g/mol. The number of benzene rings is 1. The van der Waals surface area contributed by atoms with Gasteiger partial charge in [0, 0.05) is 12.5 Å². The number of allylic oxidation sites excluding steroid dienone is 1. The van der Waals surface area contributed by atoms with Gasteiger partial charge < -0.3 is 10.1 Å². The molecule has 20 heavy (non-hydrogen) atoms. The Morgan fingerprint density at radius 1 is 1.35 bits per heavy atom. The molecule has 0 aliphatic carbocycles. The first-order valence-corrected chi connectivity index (χ1v) is 7.22. The van der Waals surface area contributed by atoms with Crippen molar-refractivity contribution in [2.75, 3.05) is 13.1 Å². The molecule has 1 rings (SSSR count). The second kappa shape index (κ2) is 8.54. The predicted octanol–water partition coefficient (Wildman–Crippen LogP) is 3.30. The van der Waals surface area contributed by atoms with Gasteiger partial charge in [0.25, 0.3) is 0 Å². The van der Waals surface area contributed by atoms with Gasteiger partial charge in [-0.05, 0) is 37.2 Å². The molecule has 0 spiro atoms. The third-order valence-electron chi connectivity index (χ3n) is 2.89. The molecule has 3 nitrogen and oxygen atoms in total. The van der Waals surface area contributed by atoms with Gasteiger partial charge in [0.1, 0.15) is 11.9 Å². The fraction of sp³-hybridized carbons (Fsp3) is 0.471. The SMILES string of the molecule is CCNC[C@@H](C)Oc1cccc(/C=C/C(=O)C(C)C)c1. The van der Waals surface area contributed by atoms with Crippen molar-refractivity contribution in [3.63, 3.8) is 0 Å². The summed E-state index contributed by atoms with van der Waals surface area (Å²) in [6, 6.07) is 7.79. The van der Waals surface area contributed by atoms with E-state index in [4.69, 9.17) is 4.74 Å². The van der Waals surface area contributed by atoms with Crippen LogP contribution in [0.1, 0.15) is 33.3 Å². The molecular formula is C17H25NO2. The van der Waals surface area contributed by atoms with E-state index < -0.39 is 0 Å². The number of carbonyl (C=O) groups is 1. The topological polar surface area (TPSA) is 38.3 Å². The summed E-state index contributed by atoms with van der Waals surface area (Å²) in [6.45, 7) is 9.66. The van der Waals surface area contributed by atoms with Gasteiger partial charge in [-0.25, -0.2) is 0 Å². The van der Waals surface area contributed by atoms with Crippen molar-refractivity contribution < 1.29 is 9.53 Å². The lowest BCUT2D eigenvalue weighted by Crippen LogP contribution is -2.28. The summed E-state index contributed by atoms with van der Waals surface area (Å²) in [7, 11) is 0. The lowest BCUT2D eigenvalue weighted by molar-refractivity contribution is -0.117. The average molecular weight is 275 g/mol. The minimum absolute atomic E-state index is 0.0332. The largest absolute Gasteiger partial charge is 0.489 e. The zero-order valence-corrected chi connectivity index (χ0v) is 12.8. The van der Waals surface area contributed by atoms with Gasteiger partial charge in [-0.15, -0.1) is 0 Å². The molecule has 0 aliphatic rings. The molecule has 1 atom stereocenters. The highest BCUT2D eigenvalue weighted by Gasteiger charge is 2.04. The van der Waals surface area contributed by atoms with E-state index >= 15 is 0 Å². The Balaban J connectivity index is 2.64. The van der Waals surface area contributed by atoms with Crippen molar-refractivity contribution in [3.05, 3.63) is 35.9 Å². The maximum Gasteiger partial charge on any atom is 0.158 e. The van der Waals surface area contributed by atoms with Crippen LogP contribution in [0.15, 0.2) is 30.3 Å². The van der Waals surface area contributed by atoms with Gasteiger partial charge in [0.15, 0.2) is 5.78 Å². The lowest BCUT2D eigenvalue weighted by Gasteiger charge is -2.15. The third kappa shape index (κ3) is 6.02. The summed E-state index contributed by atoms with van der Waals surface area (Å²) in [4.78, 5) is 11.6. The van der Waals surface area contributed by atoms with Gasteiger partial charge in [-0.1, -0.05) is 39.0 Å². The first kappa shape index (κ1) is 16.4. The Kier molecular flexibility index (Phi) is 7.02. The molecule has 3 heteroatoms. The Morgan fingerprint density at radius 3 is 2.75 bits per heavy atom. The molecule has 0 fully saturated rings. The zero-order chi connectivity index (χ0) is 15.0. The Labute approximate surface area is 122 Å². The number of ketones is 1. The van der Waals surface area contributed by atoms with E-state index in [0.717, 1.165) is 24.4 Å². The summed E-state index contributed by atoms with van der Waals surface area (Å²) in [5.74, 6) is 0.997. The molecule has 0 amide bonds. The molecule has 0 bridgehead atoms. The Hall–Kier alpha value is -1.61. The molecule has 0 aromatic heterocycles. The van der Waals surface area contributed by atoms with E-state index in [0.29, 0.717) is 0 Å². The molecule has 0 unspecified atom stereocenters. The van der Waals surface area contributed by atoms with E-state index in [2.05, 4.69) is 12.2 Å². The molecule has 0 heterocycles. The maximum absolute atomic E-state index is 11.6. The van der Waals surface area contributed by atoms with E-state index in [1.807, 2.05) is 51.1 Å². The van der Waals surface area contributed by atoms with Crippen molar-refractivity contribution in [2.24, 2.45) is 5.92 Å². The van der Waals surface area contributed by atoms with Crippen LogP contribution in [0, 0.1) is 5.92 Å². The summed E-state index contributed by atoms with van der Waals surface area (Å²) in [6.07, 6.45) is 3.59. The van der Waals surface area contributed by atoms with Crippen LogP contribution in [0.4, 0.5) is 0 Å². The summed E-state index contributed by atoms with van der Waals surface area (Å²) >= 11 is 0. The van der Waals surface area contributed by atoms with Crippen molar-refractivity contribution >= 4 is 11.9 Å². The first-order valence-electron chi connectivity index (χ1n) is 7.22. The molecule has 110 valence electrons. The summed E-state index contributed by atoms with van der Waals surface area (Å²) in [5, 5.41) is 3.25. The monoisotopic (exact) mass is 275 g/mol. The highest BCUT2D eigenvalue weighted by atomic mass is 16.5. The number of nitrogens with one attached hydrogen (secondary N) is 1. The smallest absolute Gasteiger partial charge is 0.158 e. The fourth-order valence-corrected chi connectivity index (χ4v) is 1.68. The Morgan fingerprint density at radius 2 is 2.10 bits per heavy atom. The van der Waals surface area contributed by atoms with Crippen LogP contribution in [0.5, 0.6) is 5.75 Å². The number of likely N-dealkylation sites (N-methyl/N-ethyl adjacent to an activating group) is 1. The summed E-state index contributed by atoms with van der Waals surface area (Å²) in [5.41, 5.74) is 0.979. The number of ether oxygens (including phenoxy) is 1. The van der Waals surface area contributed by atoms with E-state index in [1.165, 1.54) is 0 Å². The van der Waals surface area contributed by atoms with Crippen LogP contribution in [-0.4, -0.2) is 25.0 Å². The number of carbonyl (C=O) groups excluding carboxylic acids is 1. The molecule has 1 aromatic rings. The van der Waals surface area contributed by atoms with E-state index in [9.17, 15) is 4.79 Å². The van der Waals surface area contributed by atoms with Crippen molar-refractivity contribution in [3.8, 4) is 5.75 Å². The van der Waals surface area contributed by atoms with Crippen molar-refractivity contribution in [2.45, 2.75) is 33.8 Å². The maximum atomic E-state index is 11.6. The van der Waals surface area contributed by atoms with E-state index in [-0.39, 0.29) is 17.8 Å². The quantitative estimate of drug-likeness (QED) is 0.740. The standard InChI is InChI=1S/C17H25NO2/c1-5-18-12-14(4)20-16-8-6-7-15(11-16)9-10-17(19)13(2)3/h6-11,13-14,18H,5,12H2,1-4H3/b10-9+/t14-/m1/s1. The number of rotatable bonds is 8. The molecule has 0 radical (unpaired) electrons. The van der Waals surface area contributed by atoms with Crippen LogP contribution >= 0.6 is 0 Å². The highest BCUT2D eigenvalue weighted by Crippen LogP contribution is 2.16. The average Bonchev–Trinajstić information content (AvgIpc) is 2.42. The second-order valence-electron chi connectivity index (χ2n) is 5.20. The number of hydrogen-bond donors (Lipinski definition) is 1. The molecule has 0 saturated carbocycles. The van der Waals surface area contributed by atoms with Gasteiger partial charge in [0.2, 0.25) is 0 Å². The van der Waals surface area contributed by atoms with E-state index in [1.54, 1.807) is 6.08 Å². The van der Waals surface area contributed by atoms with Gasteiger partial charge >= 0.3 is 0 Å². The Bertz CT molecular complexity index is 452. The lowest BCUT2D eigenvalue weighted by atomic mass is 10.1. The molecule has 0 saturated heterocycles. The van der Waals surface area contributed by atoms with Crippen LogP contribution < -0.4 is 10.1 Å². The normalized spacial score (nSPS) is 12.8. The molecule has 1 aromatic carbocycles. The van der Waals surface area contributed by atoms with Gasteiger partial charge in [-0.2, -0.15) is 0 Å². The minimum Gasteiger partial charge on any atom is -0.489 e. The predicted molar refractivity (Wildman–Crippen MR) is 84.0 cm³/mol. The third-order valence-corrected chi connectivity index (χ3v) is 2.89. The van der Waals surface area contributed by atoms with Crippen molar-refractivity contribution in [1.82, 2.24) is 5.32 Å². The van der Waals surface area contributed by atoms with Crippen molar-refractivity contribution in [1.29, 1.82) is 0 Å². The fourth-order valence-electron chi connectivity index (χ4n) is 1.68. The van der Waals surface area contributed by atoms with Crippen LogP contribution in [0.3, 0.4) is 0 Å². The number of hydrogen-bond acceptors (Lipinski definition) is 3. The highest BCUT2D eigenvalue weighted by molar-refractivity contribution is 5.94. The van der Waals surface area contributed by atoms with Crippen LogP contribution in [-0.2, 0) is 4.79 Å². The van der Waals surface area contributed by atoms with Gasteiger partial charge in [-0.3, -0.25) is 4.79 Å². The summed E-state index contributed by atoms with van der Waals surface area (Å²) < 4.78 is 5.83. The van der Waals surface area contributed by atoms with Crippen LogP contribution in [0.2, 0.25) is 0 Å². The zero-order valence-electron chi connectivity index (χ0n) is 12.8.